The topological polar surface area (TPSA) is 46.2 Å². The van der Waals surface area contributed by atoms with E-state index in [0.717, 1.165) is 5.56 Å². The lowest BCUT2D eigenvalue weighted by molar-refractivity contribution is 0.464. The minimum absolute atomic E-state index is 0.236. The fraction of sp³-hybridized carbons (Fsp3) is 0.538. The third kappa shape index (κ3) is 1.53. The molecule has 15 heavy (non-hydrogen) atoms. The van der Waals surface area contributed by atoms with Gasteiger partial charge in [0.05, 0.1) is 0 Å². The van der Waals surface area contributed by atoms with Crippen molar-refractivity contribution in [2.24, 2.45) is 17.1 Å². The highest BCUT2D eigenvalue weighted by Crippen LogP contribution is 2.65. The average molecular weight is 205 g/mol. The first-order valence-corrected chi connectivity index (χ1v) is 5.48. The van der Waals surface area contributed by atoms with Crippen molar-refractivity contribution in [3.63, 3.8) is 0 Å². The Balaban J connectivity index is 2.36. The summed E-state index contributed by atoms with van der Waals surface area (Å²) in [5.41, 5.74) is 8.24. The van der Waals surface area contributed by atoms with Gasteiger partial charge in [-0.1, -0.05) is 31.5 Å². The fourth-order valence-electron chi connectivity index (χ4n) is 2.72. The lowest BCUT2D eigenvalue weighted by atomic mass is 10.0. The molecule has 0 amide bonds. The highest BCUT2D eigenvalue weighted by molar-refractivity contribution is 5.44. The van der Waals surface area contributed by atoms with Gasteiger partial charge >= 0.3 is 0 Å². The molecular weight excluding hydrogens is 186 g/mol. The van der Waals surface area contributed by atoms with Gasteiger partial charge in [0.25, 0.3) is 0 Å². The molecule has 82 valence electrons. The van der Waals surface area contributed by atoms with Crippen LogP contribution in [0.2, 0.25) is 0 Å². The molecule has 0 bridgehead atoms. The molecule has 2 atom stereocenters. The van der Waals surface area contributed by atoms with Crippen molar-refractivity contribution in [2.45, 2.75) is 26.7 Å². The Morgan fingerprint density at radius 1 is 1.40 bits per heavy atom. The van der Waals surface area contributed by atoms with E-state index in [1.54, 1.807) is 6.07 Å². The summed E-state index contributed by atoms with van der Waals surface area (Å²) < 4.78 is 0. The predicted molar refractivity (Wildman–Crippen MR) is 61.9 cm³/mol. The molecule has 1 fully saturated rings. The molecule has 2 rings (SSSR count). The van der Waals surface area contributed by atoms with Crippen LogP contribution < -0.4 is 5.73 Å². The van der Waals surface area contributed by atoms with E-state index in [-0.39, 0.29) is 5.41 Å². The average Bonchev–Trinajstić information content (AvgIpc) is 2.72. The summed E-state index contributed by atoms with van der Waals surface area (Å²) in [6.07, 6.45) is 0. The van der Waals surface area contributed by atoms with Crippen LogP contribution in [0.4, 0.5) is 0 Å². The highest BCUT2D eigenvalue weighted by Gasteiger charge is 2.57. The van der Waals surface area contributed by atoms with E-state index in [1.807, 2.05) is 6.07 Å². The molecule has 2 heteroatoms. The number of rotatable bonds is 2. The van der Waals surface area contributed by atoms with Gasteiger partial charge in [-0.2, -0.15) is 0 Å². The number of aromatic hydroxyl groups is 1. The molecule has 0 spiro atoms. The highest BCUT2D eigenvalue weighted by atomic mass is 16.3. The van der Waals surface area contributed by atoms with Crippen molar-refractivity contribution in [1.29, 1.82) is 0 Å². The first kappa shape index (κ1) is 10.5. The third-order valence-electron chi connectivity index (χ3n) is 3.82. The number of aryl methyl sites for hydroxylation is 1. The van der Waals surface area contributed by atoms with Gasteiger partial charge in [0, 0.05) is 0 Å². The van der Waals surface area contributed by atoms with E-state index in [9.17, 15) is 5.11 Å². The number of phenolic OH excluding ortho intramolecular Hbond substituents is 1. The maximum Gasteiger partial charge on any atom is 0.119 e. The standard InChI is InChI=1S/C13H19NO/c1-8-4-5-11(15)9(6-8)12-10(7-14)13(12,2)3/h4-6,10,12,15H,7,14H2,1-3H3/t10-,12-/m1/s1. The van der Waals surface area contributed by atoms with E-state index in [2.05, 4.69) is 26.8 Å². The van der Waals surface area contributed by atoms with Crippen LogP contribution in [0.15, 0.2) is 18.2 Å². The first-order chi connectivity index (χ1) is 6.98. The lowest BCUT2D eigenvalue weighted by Crippen LogP contribution is -2.05. The summed E-state index contributed by atoms with van der Waals surface area (Å²) in [4.78, 5) is 0. The van der Waals surface area contributed by atoms with Crippen LogP contribution in [-0.4, -0.2) is 11.7 Å². The minimum atomic E-state index is 0.236. The lowest BCUT2D eigenvalue weighted by Gasteiger charge is -2.07. The monoisotopic (exact) mass is 205 g/mol. The Hall–Kier alpha value is -1.02. The maximum absolute atomic E-state index is 9.85. The van der Waals surface area contributed by atoms with Gasteiger partial charge < -0.3 is 10.8 Å². The van der Waals surface area contributed by atoms with Gasteiger partial charge in [-0.05, 0) is 42.3 Å². The molecule has 0 saturated heterocycles. The molecule has 0 unspecified atom stereocenters. The quantitative estimate of drug-likeness (QED) is 0.778. The Labute approximate surface area is 91.1 Å². The molecule has 1 aromatic rings. The molecule has 1 aliphatic carbocycles. The van der Waals surface area contributed by atoms with Crippen LogP contribution in [-0.2, 0) is 0 Å². The second-order valence-corrected chi connectivity index (χ2v) is 5.20. The third-order valence-corrected chi connectivity index (χ3v) is 3.82. The van der Waals surface area contributed by atoms with Crippen LogP contribution in [0.25, 0.3) is 0 Å². The van der Waals surface area contributed by atoms with Crippen molar-refractivity contribution < 1.29 is 5.11 Å². The van der Waals surface area contributed by atoms with E-state index >= 15 is 0 Å². The molecular formula is C13H19NO. The molecule has 1 aliphatic rings. The van der Waals surface area contributed by atoms with E-state index in [0.29, 0.717) is 24.1 Å². The number of nitrogens with two attached hydrogens (primary N) is 1. The molecule has 0 radical (unpaired) electrons. The van der Waals surface area contributed by atoms with Gasteiger partial charge in [-0.25, -0.2) is 0 Å². The predicted octanol–water partition coefficient (Wildman–Crippen LogP) is 2.40. The molecule has 0 heterocycles. The van der Waals surface area contributed by atoms with Gasteiger partial charge in [0.1, 0.15) is 5.75 Å². The Bertz CT molecular complexity index is 384. The maximum atomic E-state index is 9.85. The molecule has 3 N–H and O–H groups in total. The second-order valence-electron chi connectivity index (χ2n) is 5.20. The minimum Gasteiger partial charge on any atom is -0.508 e. The zero-order valence-corrected chi connectivity index (χ0v) is 9.62. The smallest absolute Gasteiger partial charge is 0.119 e. The van der Waals surface area contributed by atoms with Crippen molar-refractivity contribution in [1.82, 2.24) is 0 Å². The largest absolute Gasteiger partial charge is 0.508 e. The van der Waals surface area contributed by atoms with Gasteiger partial charge in [0.2, 0.25) is 0 Å². The molecule has 0 aromatic heterocycles. The Morgan fingerprint density at radius 3 is 2.60 bits per heavy atom. The van der Waals surface area contributed by atoms with Crippen molar-refractivity contribution in [2.75, 3.05) is 6.54 Å². The Morgan fingerprint density at radius 2 is 2.07 bits per heavy atom. The Kier molecular flexibility index (Phi) is 2.27. The zero-order chi connectivity index (χ0) is 11.2. The first-order valence-electron chi connectivity index (χ1n) is 5.48. The summed E-state index contributed by atoms with van der Waals surface area (Å²) in [6.45, 7) is 7.19. The molecule has 1 aromatic carbocycles. The summed E-state index contributed by atoms with van der Waals surface area (Å²) in [5.74, 6) is 1.34. The van der Waals surface area contributed by atoms with Crippen LogP contribution >= 0.6 is 0 Å². The SMILES string of the molecule is Cc1ccc(O)c([C@@H]2[C@@H](CN)C2(C)C)c1. The van der Waals surface area contributed by atoms with Crippen LogP contribution in [0.5, 0.6) is 5.75 Å². The fourth-order valence-corrected chi connectivity index (χ4v) is 2.72. The van der Waals surface area contributed by atoms with E-state index < -0.39 is 0 Å². The number of hydrogen-bond acceptors (Lipinski definition) is 2. The summed E-state index contributed by atoms with van der Waals surface area (Å²) >= 11 is 0. The van der Waals surface area contributed by atoms with Crippen molar-refractivity contribution in [3.8, 4) is 5.75 Å². The van der Waals surface area contributed by atoms with Crippen LogP contribution in [0, 0.1) is 18.3 Å². The molecule has 0 aliphatic heterocycles. The number of phenols is 1. The van der Waals surface area contributed by atoms with E-state index in [4.69, 9.17) is 5.73 Å². The molecule has 2 nitrogen and oxygen atoms in total. The summed E-state index contributed by atoms with van der Waals surface area (Å²) in [6, 6.07) is 5.80. The molecule has 1 saturated carbocycles. The number of hydrogen-bond donors (Lipinski definition) is 2. The normalized spacial score (nSPS) is 27.7. The summed E-state index contributed by atoms with van der Waals surface area (Å²) in [7, 11) is 0. The van der Waals surface area contributed by atoms with Crippen molar-refractivity contribution in [3.05, 3.63) is 29.3 Å². The second kappa shape index (κ2) is 3.24. The number of benzene rings is 1. The summed E-state index contributed by atoms with van der Waals surface area (Å²) in [5, 5.41) is 9.85. The van der Waals surface area contributed by atoms with Gasteiger partial charge in [0.15, 0.2) is 0 Å². The van der Waals surface area contributed by atoms with Crippen molar-refractivity contribution >= 4 is 0 Å². The zero-order valence-electron chi connectivity index (χ0n) is 9.62. The van der Waals surface area contributed by atoms with Gasteiger partial charge in [-0.15, -0.1) is 0 Å². The van der Waals surface area contributed by atoms with E-state index in [1.165, 1.54) is 5.56 Å². The van der Waals surface area contributed by atoms with Crippen LogP contribution in [0.3, 0.4) is 0 Å². The van der Waals surface area contributed by atoms with Gasteiger partial charge in [-0.3, -0.25) is 0 Å². The van der Waals surface area contributed by atoms with Crippen LogP contribution in [0.1, 0.15) is 30.9 Å².